The predicted molar refractivity (Wildman–Crippen MR) is 78.7 cm³/mol. The van der Waals surface area contributed by atoms with E-state index in [0.29, 0.717) is 13.0 Å². The van der Waals surface area contributed by atoms with Crippen LogP contribution in [0.25, 0.3) is 0 Å². The predicted octanol–water partition coefficient (Wildman–Crippen LogP) is 2.19. The van der Waals surface area contributed by atoms with Gasteiger partial charge in [0.2, 0.25) is 10.0 Å². The van der Waals surface area contributed by atoms with Gasteiger partial charge in [-0.3, -0.25) is 0 Å². The van der Waals surface area contributed by atoms with E-state index in [9.17, 15) is 8.42 Å². The number of aliphatic hydroxyl groups is 1. The summed E-state index contributed by atoms with van der Waals surface area (Å²) < 4.78 is 31.6. The number of hydrogen-bond acceptors (Lipinski definition) is 4. The Kier molecular flexibility index (Phi) is 7.22. The van der Waals surface area contributed by atoms with Crippen molar-refractivity contribution in [3.63, 3.8) is 0 Å². The molecule has 2 N–H and O–H groups in total. The fraction of sp³-hybridized carbons (Fsp3) is 0.500. The Morgan fingerprint density at radius 1 is 1.30 bits per heavy atom. The number of rotatable bonds is 8. The molecule has 0 atom stereocenters. The number of sulfonamides is 1. The maximum Gasteiger partial charge on any atom is 0.242 e. The quantitative estimate of drug-likeness (QED) is 0.710. The van der Waals surface area contributed by atoms with Crippen LogP contribution >= 0.6 is 23.2 Å². The smallest absolute Gasteiger partial charge is 0.242 e. The molecule has 0 saturated carbocycles. The molecule has 0 aromatic heterocycles. The Hall–Kier alpha value is -0.370. The first kappa shape index (κ1) is 17.7. The normalized spacial score (nSPS) is 11.8. The third-order valence-electron chi connectivity index (χ3n) is 2.61. The van der Waals surface area contributed by atoms with Crippen molar-refractivity contribution < 1.29 is 18.3 Å². The summed E-state index contributed by atoms with van der Waals surface area (Å²) in [6, 6.07) is 2.70. The van der Waals surface area contributed by atoms with Crippen molar-refractivity contribution in [3.8, 4) is 0 Å². The molecular formula is C12H17Cl2NO4S. The van der Waals surface area contributed by atoms with E-state index in [1.807, 2.05) is 0 Å². The van der Waals surface area contributed by atoms with E-state index in [2.05, 4.69) is 4.72 Å². The number of benzene rings is 1. The van der Waals surface area contributed by atoms with Crippen LogP contribution in [0.2, 0.25) is 10.0 Å². The van der Waals surface area contributed by atoms with Gasteiger partial charge in [-0.15, -0.1) is 0 Å². The molecule has 5 nitrogen and oxygen atoms in total. The summed E-state index contributed by atoms with van der Waals surface area (Å²) in [6.45, 7) is 0.479. The van der Waals surface area contributed by atoms with Crippen LogP contribution in [-0.2, 0) is 21.4 Å². The molecule has 0 aliphatic rings. The van der Waals surface area contributed by atoms with Crippen LogP contribution in [0.3, 0.4) is 0 Å². The molecular weight excluding hydrogens is 325 g/mol. The summed E-state index contributed by atoms with van der Waals surface area (Å²) in [6.07, 6.45) is 1.41. The third-order valence-corrected chi connectivity index (χ3v) is 4.87. The summed E-state index contributed by atoms with van der Waals surface area (Å²) in [5.41, 5.74) is 0.277. The van der Waals surface area contributed by atoms with Gasteiger partial charge in [0.25, 0.3) is 0 Å². The number of methoxy groups -OCH3 is 1. The van der Waals surface area contributed by atoms with Crippen LogP contribution in [0.15, 0.2) is 17.0 Å². The highest BCUT2D eigenvalue weighted by atomic mass is 35.5. The first-order valence-electron chi connectivity index (χ1n) is 5.99. The minimum Gasteiger partial charge on any atom is -0.392 e. The minimum absolute atomic E-state index is 0.0127. The number of ether oxygens (including phenoxy) is 1. The van der Waals surface area contributed by atoms with E-state index in [-0.39, 0.29) is 33.7 Å². The summed E-state index contributed by atoms with van der Waals surface area (Å²) >= 11 is 11.8. The molecule has 0 fully saturated rings. The van der Waals surface area contributed by atoms with E-state index in [4.69, 9.17) is 33.0 Å². The Morgan fingerprint density at radius 2 is 2.00 bits per heavy atom. The van der Waals surface area contributed by atoms with Crippen molar-refractivity contribution in [3.05, 3.63) is 27.7 Å². The summed E-state index contributed by atoms with van der Waals surface area (Å²) in [7, 11) is -2.16. The average molecular weight is 342 g/mol. The fourth-order valence-corrected chi connectivity index (χ4v) is 3.58. The van der Waals surface area contributed by atoms with Gasteiger partial charge in [-0.2, -0.15) is 0 Å². The van der Waals surface area contributed by atoms with Gasteiger partial charge in [-0.05, 0) is 30.5 Å². The SMILES string of the molecule is COCCCCNS(=O)(=O)c1cc(Cl)cc(CO)c1Cl. The second-order valence-corrected chi connectivity index (χ2v) is 6.68. The topological polar surface area (TPSA) is 75.6 Å². The molecule has 0 heterocycles. The van der Waals surface area contributed by atoms with E-state index in [1.54, 1.807) is 7.11 Å². The first-order valence-corrected chi connectivity index (χ1v) is 8.23. The largest absolute Gasteiger partial charge is 0.392 e. The van der Waals surface area contributed by atoms with Crippen molar-refractivity contribution in [2.75, 3.05) is 20.3 Å². The zero-order valence-corrected chi connectivity index (χ0v) is 13.4. The monoisotopic (exact) mass is 341 g/mol. The Labute approximate surface area is 128 Å². The molecule has 0 amide bonds. The van der Waals surface area contributed by atoms with Crippen molar-refractivity contribution in [1.82, 2.24) is 4.72 Å². The molecule has 1 aromatic rings. The van der Waals surface area contributed by atoms with Crippen LogP contribution < -0.4 is 4.72 Å². The molecule has 0 bridgehead atoms. The lowest BCUT2D eigenvalue weighted by atomic mass is 10.2. The molecule has 0 aliphatic carbocycles. The van der Waals surface area contributed by atoms with E-state index >= 15 is 0 Å². The van der Waals surface area contributed by atoms with Gasteiger partial charge < -0.3 is 9.84 Å². The number of halogens is 2. The first-order chi connectivity index (χ1) is 9.42. The number of nitrogens with one attached hydrogen (secondary N) is 1. The zero-order valence-electron chi connectivity index (χ0n) is 11.0. The van der Waals surface area contributed by atoms with Gasteiger partial charge in [-0.1, -0.05) is 23.2 Å². The lowest BCUT2D eigenvalue weighted by Gasteiger charge is -2.11. The van der Waals surface area contributed by atoms with Crippen LogP contribution in [0, 0.1) is 0 Å². The highest BCUT2D eigenvalue weighted by Crippen LogP contribution is 2.29. The van der Waals surface area contributed by atoms with Crippen molar-refractivity contribution in [1.29, 1.82) is 0 Å². The molecule has 0 radical (unpaired) electrons. The Balaban J connectivity index is 2.84. The highest BCUT2D eigenvalue weighted by molar-refractivity contribution is 7.89. The molecule has 1 rings (SSSR count). The summed E-state index contributed by atoms with van der Waals surface area (Å²) in [4.78, 5) is -0.123. The number of unbranched alkanes of at least 4 members (excludes halogenated alkanes) is 1. The molecule has 8 heteroatoms. The van der Waals surface area contributed by atoms with E-state index < -0.39 is 10.0 Å². The van der Waals surface area contributed by atoms with Crippen LogP contribution in [0.1, 0.15) is 18.4 Å². The molecule has 114 valence electrons. The van der Waals surface area contributed by atoms with Gasteiger partial charge >= 0.3 is 0 Å². The fourth-order valence-electron chi connectivity index (χ4n) is 1.58. The van der Waals surface area contributed by atoms with Crippen molar-refractivity contribution in [2.24, 2.45) is 0 Å². The molecule has 0 aliphatic heterocycles. The van der Waals surface area contributed by atoms with Gasteiger partial charge in [0.1, 0.15) is 4.90 Å². The van der Waals surface area contributed by atoms with E-state index in [0.717, 1.165) is 6.42 Å². The zero-order chi connectivity index (χ0) is 15.2. The Bertz CT molecular complexity index is 549. The maximum atomic E-state index is 12.1. The summed E-state index contributed by atoms with van der Waals surface area (Å²) in [5.74, 6) is 0. The third kappa shape index (κ3) is 4.87. The summed E-state index contributed by atoms with van der Waals surface area (Å²) in [5, 5.41) is 9.33. The van der Waals surface area contributed by atoms with Crippen LogP contribution in [0.4, 0.5) is 0 Å². The number of aliphatic hydroxyl groups excluding tert-OH is 1. The molecule has 0 unspecified atom stereocenters. The lowest BCUT2D eigenvalue weighted by Crippen LogP contribution is -2.25. The number of hydrogen-bond donors (Lipinski definition) is 2. The Morgan fingerprint density at radius 3 is 2.60 bits per heavy atom. The highest BCUT2D eigenvalue weighted by Gasteiger charge is 2.20. The van der Waals surface area contributed by atoms with Crippen molar-refractivity contribution >= 4 is 33.2 Å². The molecule has 20 heavy (non-hydrogen) atoms. The molecule has 1 aromatic carbocycles. The standard InChI is InChI=1S/C12H17Cl2NO4S/c1-19-5-3-2-4-15-20(17,18)11-7-10(13)6-9(8-16)12(11)14/h6-7,15-16H,2-5,8H2,1H3. The second kappa shape index (κ2) is 8.17. The second-order valence-electron chi connectivity index (χ2n) is 4.13. The van der Waals surface area contributed by atoms with Crippen molar-refractivity contribution in [2.45, 2.75) is 24.3 Å². The van der Waals surface area contributed by atoms with Crippen LogP contribution in [-0.4, -0.2) is 33.8 Å². The van der Waals surface area contributed by atoms with Gasteiger partial charge in [0.15, 0.2) is 0 Å². The van der Waals surface area contributed by atoms with E-state index in [1.165, 1.54) is 12.1 Å². The molecule has 0 spiro atoms. The van der Waals surface area contributed by atoms with Gasteiger partial charge in [0, 0.05) is 25.3 Å². The maximum absolute atomic E-state index is 12.1. The lowest BCUT2D eigenvalue weighted by molar-refractivity contribution is 0.193. The van der Waals surface area contributed by atoms with Gasteiger partial charge in [-0.25, -0.2) is 13.1 Å². The van der Waals surface area contributed by atoms with Crippen LogP contribution in [0.5, 0.6) is 0 Å². The minimum atomic E-state index is -3.75. The molecule has 0 saturated heterocycles. The average Bonchev–Trinajstić information content (AvgIpc) is 2.40. The van der Waals surface area contributed by atoms with Gasteiger partial charge in [0.05, 0.1) is 11.6 Å².